The third-order valence-electron chi connectivity index (χ3n) is 13.7. The number of quaternary nitrogens is 1. The number of nitrogens with zero attached hydrogens (tertiary/aromatic N) is 4. The first-order valence-electron chi connectivity index (χ1n) is 25.6. The number of hydrogen-bond acceptors (Lipinski definition) is 18. The fraction of sp³-hybridized carbons (Fsp3) is 1.00. The summed E-state index contributed by atoms with van der Waals surface area (Å²) in [5, 5.41) is 122. The highest BCUT2D eigenvalue weighted by atomic mass is 28.4. The van der Waals surface area contributed by atoms with E-state index in [9.17, 15) is 61.3 Å². The van der Waals surface area contributed by atoms with Gasteiger partial charge in [-0.2, -0.15) is 0 Å². The van der Waals surface area contributed by atoms with Gasteiger partial charge in [0, 0.05) is 51.7 Å². The van der Waals surface area contributed by atoms with Gasteiger partial charge in [0.05, 0.1) is 143 Å². The Morgan fingerprint density at radius 3 is 0.866 bits per heavy atom. The highest BCUT2D eigenvalue weighted by Crippen LogP contribution is 2.24. The number of aliphatic hydroxyl groups is 12. The van der Waals surface area contributed by atoms with Crippen molar-refractivity contribution in [3.05, 3.63) is 0 Å². The average molecular weight is 992 g/mol. The molecule has 0 bridgehead atoms. The second-order valence-corrected chi connectivity index (χ2v) is 22.0. The molecule has 0 atom stereocenters. The Bertz CT molecular complexity index is 1000. The zero-order valence-corrected chi connectivity index (χ0v) is 43.4. The molecule has 20 heteroatoms. The van der Waals surface area contributed by atoms with Crippen molar-refractivity contribution >= 4 is 8.80 Å². The van der Waals surface area contributed by atoms with E-state index in [1.54, 1.807) is 0 Å². The van der Waals surface area contributed by atoms with Gasteiger partial charge < -0.3 is 79.0 Å². The van der Waals surface area contributed by atoms with Gasteiger partial charge in [0.2, 0.25) is 0 Å². The van der Waals surface area contributed by atoms with E-state index in [0.717, 1.165) is 30.4 Å². The van der Waals surface area contributed by atoms with E-state index in [1.165, 1.54) is 105 Å². The van der Waals surface area contributed by atoms with Crippen LogP contribution in [0.25, 0.3) is 0 Å². The third-order valence-corrected chi connectivity index (χ3v) is 16.6. The predicted octanol–water partition coefficient (Wildman–Crippen LogP) is -0.267. The second-order valence-electron chi connectivity index (χ2n) is 19.2. The molecule has 67 heavy (non-hydrogen) atoms. The molecule has 0 spiro atoms. The van der Waals surface area contributed by atoms with Gasteiger partial charge in [0.15, 0.2) is 0 Å². The van der Waals surface area contributed by atoms with E-state index in [4.69, 9.17) is 13.3 Å². The van der Waals surface area contributed by atoms with Crippen molar-refractivity contribution < 1.29 is 79.0 Å². The summed E-state index contributed by atoms with van der Waals surface area (Å²) in [6.07, 6.45) is 21.4. The van der Waals surface area contributed by atoms with Crippen molar-refractivity contribution in [2.75, 3.05) is 166 Å². The molecule has 0 aliphatic rings. The molecule has 0 aromatic carbocycles. The van der Waals surface area contributed by atoms with Crippen molar-refractivity contribution in [3.63, 3.8) is 0 Å². The van der Waals surface area contributed by atoms with E-state index in [-0.39, 0.29) is 78.9 Å². The molecule has 19 nitrogen and oxygen atoms in total. The van der Waals surface area contributed by atoms with Crippen LogP contribution in [0.3, 0.4) is 0 Å². The zero-order valence-electron chi connectivity index (χ0n) is 42.4. The minimum Gasteiger partial charge on any atom is -0.395 e. The summed E-state index contributed by atoms with van der Waals surface area (Å²) in [7, 11) is 0.507. The molecule has 0 aliphatic heterocycles. The SMILES string of the molecule is CCCCCCCCCCCCCCCCCC[N+](C)(C)CCC[Si](OCCN(CCO)C(CO)(CO)CO)(OCCN(CCO)C(CO)(CO)CO)OCCN(CCO)C(CO)(CO)CO. The van der Waals surface area contributed by atoms with Crippen molar-refractivity contribution in [3.8, 4) is 0 Å². The molecular weight excluding hydrogens is 889 g/mol. The molecular formula is C47H103N4O15Si+. The molecule has 0 radical (unpaired) electrons. The number of unbranched alkanes of at least 4 members (excludes halogenated alkanes) is 15. The Kier molecular flexibility index (Phi) is 39.7. The summed E-state index contributed by atoms with van der Waals surface area (Å²) >= 11 is 0. The highest BCUT2D eigenvalue weighted by Gasteiger charge is 2.45. The summed E-state index contributed by atoms with van der Waals surface area (Å²) in [5.74, 6) is 0. The minimum absolute atomic E-state index is 0.00427. The summed E-state index contributed by atoms with van der Waals surface area (Å²) in [4.78, 5) is 4.60. The molecule has 0 saturated heterocycles. The van der Waals surface area contributed by atoms with Crippen LogP contribution in [0.4, 0.5) is 0 Å². The molecule has 0 fully saturated rings. The lowest BCUT2D eigenvalue weighted by molar-refractivity contribution is -0.890. The van der Waals surface area contributed by atoms with Crippen LogP contribution in [0.1, 0.15) is 116 Å². The van der Waals surface area contributed by atoms with Gasteiger partial charge in [0.1, 0.15) is 0 Å². The van der Waals surface area contributed by atoms with Gasteiger partial charge >= 0.3 is 8.80 Å². The summed E-state index contributed by atoms with van der Waals surface area (Å²) in [6.45, 7) is -2.68. The van der Waals surface area contributed by atoms with Crippen LogP contribution < -0.4 is 0 Å². The number of β-amino-alcohol motifs (C(OH)–C–C–N with tert-alkyl or cyclic N) is 3. The monoisotopic (exact) mass is 992 g/mol. The topological polar surface area (TPSA) is 280 Å². The zero-order chi connectivity index (χ0) is 50.3. The van der Waals surface area contributed by atoms with Crippen LogP contribution >= 0.6 is 0 Å². The van der Waals surface area contributed by atoms with Gasteiger partial charge in [-0.05, 0) is 12.8 Å². The van der Waals surface area contributed by atoms with Crippen LogP contribution in [-0.2, 0) is 13.3 Å². The lowest BCUT2D eigenvalue weighted by atomic mass is 10.0. The number of hydrogen-bond donors (Lipinski definition) is 12. The molecule has 0 heterocycles. The second kappa shape index (κ2) is 40.0. The number of aliphatic hydroxyl groups excluding tert-OH is 12. The first-order valence-corrected chi connectivity index (χ1v) is 27.5. The fourth-order valence-corrected chi connectivity index (χ4v) is 11.2. The van der Waals surface area contributed by atoms with Crippen LogP contribution in [-0.4, -0.2) is 271 Å². The Hall–Kier alpha value is -0.543. The van der Waals surface area contributed by atoms with E-state index < -0.39 is 84.9 Å². The Labute approximate surface area is 405 Å². The molecule has 0 aromatic heterocycles. The summed E-state index contributed by atoms with van der Waals surface area (Å²) < 4.78 is 20.7. The maximum absolute atomic E-state index is 10.2. The van der Waals surface area contributed by atoms with Crippen LogP contribution in [0.5, 0.6) is 0 Å². The van der Waals surface area contributed by atoms with Gasteiger partial charge in [0.25, 0.3) is 0 Å². The average Bonchev–Trinajstić information content (AvgIpc) is 3.33. The lowest BCUT2D eigenvalue weighted by Gasteiger charge is -2.42. The molecule has 0 aromatic rings. The van der Waals surface area contributed by atoms with Gasteiger partial charge in [-0.3, -0.25) is 14.7 Å². The Morgan fingerprint density at radius 1 is 0.358 bits per heavy atom. The normalized spacial score (nSPS) is 13.3. The molecule has 12 N–H and O–H groups in total. The summed E-state index contributed by atoms with van der Waals surface area (Å²) in [6, 6.07) is 0.301. The number of rotatable bonds is 51. The van der Waals surface area contributed by atoms with Crippen molar-refractivity contribution in [2.24, 2.45) is 0 Å². The molecule has 404 valence electrons. The van der Waals surface area contributed by atoms with Crippen molar-refractivity contribution in [2.45, 2.75) is 139 Å². The third kappa shape index (κ3) is 25.6. The predicted molar refractivity (Wildman–Crippen MR) is 262 cm³/mol. The van der Waals surface area contributed by atoms with E-state index in [1.807, 2.05) is 0 Å². The van der Waals surface area contributed by atoms with Crippen molar-refractivity contribution in [1.29, 1.82) is 0 Å². The highest BCUT2D eigenvalue weighted by molar-refractivity contribution is 6.60. The first kappa shape index (κ1) is 66.5. The summed E-state index contributed by atoms with van der Waals surface area (Å²) in [5.41, 5.74) is -4.40. The van der Waals surface area contributed by atoms with E-state index in [2.05, 4.69) is 21.0 Å². The van der Waals surface area contributed by atoms with Crippen LogP contribution in [0, 0.1) is 0 Å². The van der Waals surface area contributed by atoms with Crippen molar-refractivity contribution in [1.82, 2.24) is 14.7 Å². The van der Waals surface area contributed by atoms with Gasteiger partial charge in [-0.15, -0.1) is 0 Å². The standard InChI is InChI=1S/C47H103N4O15Si/c1-4-5-6-7-8-9-10-11-12-13-14-15-16-17-18-19-27-51(2,3)28-20-35-67(64-32-24-48(21-29-52)45(36-55,37-56)38-57,65-33-25-49(22-30-53)46(39-58,40-59)41-60)66-34-26-50(23-31-54)47(42-61,43-62)44-63/h52-63H,4-44H2,1-3H3/q+1. The van der Waals surface area contributed by atoms with E-state index in [0.29, 0.717) is 12.5 Å². The lowest BCUT2D eigenvalue weighted by Crippen LogP contribution is -2.61. The van der Waals surface area contributed by atoms with Gasteiger partial charge in [-0.1, -0.05) is 96.8 Å². The maximum Gasteiger partial charge on any atom is 0.501 e. The molecule has 0 amide bonds. The molecule has 0 unspecified atom stereocenters. The quantitative estimate of drug-likeness (QED) is 0.0212. The van der Waals surface area contributed by atoms with Gasteiger partial charge in [-0.25, -0.2) is 0 Å². The Balaban J connectivity index is 6.17. The minimum atomic E-state index is -3.85. The largest absolute Gasteiger partial charge is 0.501 e. The maximum atomic E-state index is 10.2. The van der Waals surface area contributed by atoms with Crippen LogP contribution in [0.15, 0.2) is 0 Å². The molecule has 0 rings (SSSR count). The van der Waals surface area contributed by atoms with Crippen LogP contribution in [0.2, 0.25) is 6.04 Å². The fourth-order valence-electron chi connectivity index (χ4n) is 8.67. The Morgan fingerprint density at radius 2 is 0.612 bits per heavy atom. The van der Waals surface area contributed by atoms with E-state index >= 15 is 0 Å². The molecule has 0 aliphatic carbocycles. The first-order chi connectivity index (χ1) is 32.3. The smallest absolute Gasteiger partial charge is 0.395 e. The molecule has 0 saturated carbocycles.